The van der Waals surface area contributed by atoms with Crippen molar-refractivity contribution in [1.29, 1.82) is 0 Å². The molecule has 1 aromatic rings. The van der Waals surface area contributed by atoms with Gasteiger partial charge in [-0.2, -0.15) is 0 Å². The maximum Gasteiger partial charge on any atom is 0.175 e. The Morgan fingerprint density at radius 3 is 2.69 bits per heavy atom. The lowest BCUT2D eigenvalue weighted by molar-refractivity contribution is 0.167. The molecule has 1 aromatic carbocycles. The highest BCUT2D eigenvalue weighted by Gasteiger charge is 2.13. The molecule has 0 aliphatic carbocycles. The van der Waals surface area contributed by atoms with Crippen molar-refractivity contribution in [3.63, 3.8) is 0 Å². The smallest absolute Gasteiger partial charge is 0.175 e. The molecule has 0 heterocycles. The number of benzene rings is 1. The van der Waals surface area contributed by atoms with E-state index in [1.807, 2.05) is 0 Å². The lowest BCUT2D eigenvalue weighted by atomic mass is 10.1. The molecule has 5 nitrogen and oxygen atoms in total. The number of hydrazine groups is 1. The fourth-order valence-electron chi connectivity index (χ4n) is 1.37. The minimum absolute atomic E-state index is 0.216. The second-order valence-electron chi connectivity index (χ2n) is 3.52. The SMILES string of the molecule is COCC(NN)c1cccc(S(C)(=O)=O)c1. The molecule has 6 heteroatoms. The Hall–Kier alpha value is -0.950. The zero-order chi connectivity index (χ0) is 12.2. The van der Waals surface area contributed by atoms with E-state index in [4.69, 9.17) is 10.6 Å². The van der Waals surface area contributed by atoms with E-state index in [0.29, 0.717) is 6.61 Å². The number of methoxy groups -OCH3 is 1. The van der Waals surface area contributed by atoms with Crippen LogP contribution in [0.4, 0.5) is 0 Å². The molecule has 0 saturated heterocycles. The van der Waals surface area contributed by atoms with Crippen molar-refractivity contribution in [3.05, 3.63) is 29.8 Å². The first-order chi connectivity index (χ1) is 7.49. The highest BCUT2D eigenvalue weighted by molar-refractivity contribution is 7.90. The summed E-state index contributed by atoms with van der Waals surface area (Å²) in [7, 11) is -1.63. The van der Waals surface area contributed by atoms with Crippen LogP contribution in [-0.2, 0) is 14.6 Å². The summed E-state index contributed by atoms with van der Waals surface area (Å²) in [6.07, 6.45) is 1.17. The summed E-state index contributed by atoms with van der Waals surface area (Å²) in [6, 6.07) is 6.42. The summed E-state index contributed by atoms with van der Waals surface area (Å²) in [4.78, 5) is 0.279. The van der Waals surface area contributed by atoms with Gasteiger partial charge in [0.15, 0.2) is 9.84 Å². The lowest BCUT2D eigenvalue weighted by Gasteiger charge is -2.15. The highest BCUT2D eigenvalue weighted by atomic mass is 32.2. The zero-order valence-corrected chi connectivity index (χ0v) is 10.1. The predicted octanol–water partition coefficient (Wildman–Crippen LogP) is 0.241. The van der Waals surface area contributed by atoms with Crippen molar-refractivity contribution in [2.45, 2.75) is 10.9 Å². The van der Waals surface area contributed by atoms with E-state index < -0.39 is 9.84 Å². The van der Waals surface area contributed by atoms with E-state index in [-0.39, 0.29) is 10.9 Å². The largest absolute Gasteiger partial charge is 0.383 e. The van der Waals surface area contributed by atoms with Gasteiger partial charge >= 0.3 is 0 Å². The normalized spacial score (nSPS) is 13.7. The molecule has 0 spiro atoms. The summed E-state index contributed by atoms with van der Waals surface area (Å²) in [5, 5.41) is 0. The topological polar surface area (TPSA) is 81.4 Å². The number of hydrogen-bond acceptors (Lipinski definition) is 5. The molecule has 0 aliphatic heterocycles. The lowest BCUT2D eigenvalue weighted by Crippen LogP contribution is -2.31. The third-order valence-electron chi connectivity index (χ3n) is 2.22. The third-order valence-corrected chi connectivity index (χ3v) is 3.33. The number of nitrogens with one attached hydrogen (secondary N) is 1. The molecule has 1 unspecified atom stereocenters. The van der Waals surface area contributed by atoms with Crippen molar-refractivity contribution in [3.8, 4) is 0 Å². The summed E-state index contributed by atoms with van der Waals surface area (Å²) in [6.45, 7) is 0.379. The average Bonchev–Trinajstić information content (AvgIpc) is 2.25. The van der Waals surface area contributed by atoms with E-state index in [2.05, 4.69) is 5.43 Å². The highest BCUT2D eigenvalue weighted by Crippen LogP contribution is 2.17. The molecule has 1 rings (SSSR count). The molecule has 3 N–H and O–H groups in total. The van der Waals surface area contributed by atoms with Gasteiger partial charge < -0.3 is 4.74 Å². The maximum atomic E-state index is 11.4. The van der Waals surface area contributed by atoms with Crippen LogP contribution in [0, 0.1) is 0 Å². The first-order valence-corrected chi connectivity index (χ1v) is 6.63. The van der Waals surface area contributed by atoms with Gasteiger partial charge in [-0.3, -0.25) is 11.3 Å². The Bertz CT molecular complexity index is 445. The Morgan fingerprint density at radius 1 is 1.50 bits per heavy atom. The summed E-state index contributed by atoms with van der Waals surface area (Å²) in [5.74, 6) is 5.37. The van der Waals surface area contributed by atoms with E-state index in [9.17, 15) is 8.42 Å². The number of rotatable bonds is 5. The van der Waals surface area contributed by atoms with Gasteiger partial charge in [-0.25, -0.2) is 8.42 Å². The van der Waals surface area contributed by atoms with E-state index in [1.54, 1.807) is 31.4 Å². The van der Waals surface area contributed by atoms with Crippen LogP contribution in [0.2, 0.25) is 0 Å². The molecule has 0 aromatic heterocycles. The van der Waals surface area contributed by atoms with Gasteiger partial charge in [0.1, 0.15) is 0 Å². The van der Waals surface area contributed by atoms with Crippen molar-refractivity contribution in [2.75, 3.05) is 20.0 Å². The minimum Gasteiger partial charge on any atom is -0.383 e. The Labute approximate surface area is 95.5 Å². The molecule has 0 saturated carbocycles. The molecular formula is C10H16N2O3S. The molecule has 16 heavy (non-hydrogen) atoms. The second-order valence-corrected chi connectivity index (χ2v) is 5.53. The number of nitrogens with two attached hydrogens (primary N) is 1. The summed E-state index contributed by atoms with van der Waals surface area (Å²) >= 11 is 0. The molecule has 0 amide bonds. The Kier molecular flexibility index (Phi) is 4.43. The summed E-state index contributed by atoms with van der Waals surface area (Å²) < 4.78 is 27.7. The molecule has 1 atom stereocenters. The van der Waals surface area contributed by atoms with Crippen molar-refractivity contribution in [2.24, 2.45) is 5.84 Å². The molecule has 0 fully saturated rings. The average molecular weight is 244 g/mol. The van der Waals surface area contributed by atoms with Crippen LogP contribution >= 0.6 is 0 Å². The van der Waals surface area contributed by atoms with Crippen LogP contribution in [0.1, 0.15) is 11.6 Å². The van der Waals surface area contributed by atoms with Gasteiger partial charge in [0.25, 0.3) is 0 Å². The molecule has 0 radical (unpaired) electrons. The van der Waals surface area contributed by atoms with Crippen molar-refractivity contribution >= 4 is 9.84 Å². The van der Waals surface area contributed by atoms with Gasteiger partial charge in [0.2, 0.25) is 0 Å². The summed E-state index contributed by atoms with van der Waals surface area (Å²) in [5.41, 5.74) is 3.36. The van der Waals surface area contributed by atoms with Crippen molar-refractivity contribution in [1.82, 2.24) is 5.43 Å². The molecular weight excluding hydrogens is 228 g/mol. The predicted molar refractivity (Wildman–Crippen MR) is 61.5 cm³/mol. The van der Waals surface area contributed by atoms with E-state index in [0.717, 1.165) is 5.56 Å². The molecule has 0 aliphatic rings. The van der Waals surface area contributed by atoms with Crippen LogP contribution in [0.25, 0.3) is 0 Å². The second kappa shape index (κ2) is 5.40. The monoisotopic (exact) mass is 244 g/mol. The Balaban J connectivity index is 3.06. The standard InChI is InChI=1S/C10H16N2O3S/c1-15-7-10(12-11)8-4-3-5-9(6-8)16(2,13)14/h3-6,10,12H,7,11H2,1-2H3. The van der Waals surface area contributed by atoms with Crippen LogP contribution in [0.15, 0.2) is 29.2 Å². The van der Waals surface area contributed by atoms with Crippen molar-refractivity contribution < 1.29 is 13.2 Å². The van der Waals surface area contributed by atoms with Crippen LogP contribution in [-0.4, -0.2) is 28.4 Å². The van der Waals surface area contributed by atoms with Gasteiger partial charge in [0, 0.05) is 13.4 Å². The number of hydrogen-bond donors (Lipinski definition) is 2. The number of sulfone groups is 1. The van der Waals surface area contributed by atoms with Crippen LogP contribution in [0.5, 0.6) is 0 Å². The van der Waals surface area contributed by atoms with Gasteiger partial charge in [-0.1, -0.05) is 12.1 Å². The number of ether oxygens (including phenoxy) is 1. The van der Waals surface area contributed by atoms with E-state index >= 15 is 0 Å². The van der Waals surface area contributed by atoms with Gasteiger partial charge in [-0.15, -0.1) is 0 Å². The molecule has 90 valence electrons. The fourth-order valence-corrected chi connectivity index (χ4v) is 2.05. The van der Waals surface area contributed by atoms with Gasteiger partial charge in [-0.05, 0) is 17.7 Å². The maximum absolute atomic E-state index is 11.4. The first kappa shape index (κ1) is 13.1. The Morgan fingerprint density at radius 2 is 2.19 bits per heavy atom. The molecule has 0 bridgehead atoms. The quantitative estimate of drug-likeness (QED) is 0.573. The van der Waals surface area contributed by atoms with Crippen LogP contribution < -0.4 is 11.3 Å². The van der Waals surface area contributed by atoms with E-state index in [1.165, 1.54) is 6.26 Å². The first-order valence-electron chi connectivity index (χ1n) is 4.74. The fraction of sp³-hybridized carbons (Fsp3) is 0.400. The van der Waals surface area contributed by atoms with Gasteiger partial charge in [0.05, 0.1) is 17.5 Å². The minimum atomic E-state index is -3.19. The zero-order valence-electron chi connectivity index (χ0n) is 9.30. The van der Waals surface area contributed by atoms with Crippen LogP contribution in [0.3, 0.4) is 0 Å². The third kappa shape index (κ3) is 3.28.